The van der Waals surface area contributed by atoms with Gasteiger partial charge in [-0.15, -0.1) is 0 Å². The van der Waals surface area contributed by atoms with Gasteiger partial charge in [0.2, 0.25) is 0 Å². The topological polar surface area (TPSA) is 81.7 Å². The number of pyridine rings is 1. The summed E-state index contributed by atoms with van der Waals surface area (Å²) in [4.78, 5) is 16.6. The Bertz CT molecular complexity index is 1260. The van der Waals surface area contributed by atoms with Crippen LogP contribution in [0.5, 0.6) is 23.0 Å². The molecule has 0 bridgehead atoms. The molecule has 8 heteroatoms. The van der Waals surface area contributed by atoms with E-state index in [-0.39, 0.29) is 0 Å². The van der Waals surface area contributed by atoms with E-state index in [9.17, 15) is 4.79 Å². The van der Waals surface area contributed by atoms with Crippen LogP contribution in [-0.4, -0.2) is 25.2 Å². The number of hydrogen-bond acceptors (Lipinski definition) is 5. The van der Waals surface area contributed by atoms with Crippen LogP contribution in [0, 0.1) is 0 Å². The summed E-state index contributed by atoms with van der Waals surface area (Å²) in [6.07, 6.45) is 1.67. The molecule has 3 aromatic carbocycles. The van der Waals surface area contributed by atoms with Crippen molar-refractivity contribution in [3.05, 3.63) is 77.9 Å². The van der Waals surface area contributed by atoms with Gasteiger partial charge in [0.25, 0.3) is 0 Å². The number of nitrogens with zero attached hydrogens (tertiary/aromatic N) is 1. The van der Waals surface area contributed by atoms with Crippen LogP contribution >= 0.6 is 11.6 Å². The number of benzene rings is 3. The molecule has 0 atom stereocenters. The zero-order valence-electron chi connectivity index (χ0n) is 17.4. The fourth-order valence-electron chi connectivity index (χ4n) is 3.12. The van der Waals surface area contributed by atoms with E-state index in [1.807, 2.05) is 6.07 Å². The summed E-state index contributed by atoms with van der Waals surface area (Å²) in [5.41, 5.74) is 1.85. The molecule has 0 aliphatic rings. The maximum atomic E-state index is 12.2. The predicted octanol–water partition coefficient (Wildman–Crippen LogP) is 6.34. The Hall–Kier alpha value is -3.97. The van der Waals surface area contributed by atoms with Gasteiger partial charge in [-0.05, 0) is 48.5 Å². The van der Waals surface area contributed by atoms with E-state index >= 15 is 0 Å². The van der Waals surface area contributed by atoms with E-state index in [1.165, 1.54) is 0 Å². The Balaban J connectivity index is 1.48. The lowest BCUT2D eigenvalue weighted by atomic mass is 10.2. The maximum absolute atomic E-state index is 12.2. The summed E-state index contributed by atoms with van der Waals surface area (Å²) >= 11 is 6.07. The minimum Gasteiger partial charge on any atom is -0.493 e. The molecule has 2 amide bonds. The number of rotatable bonds is 6. The van der Waals surface area contributed by atoms with Crippen LogP contribution in [0.25, 0.3) is 10.9 Å². The van der Waals surface area contributed by atoms with Crippen LogP contribution in [-0.2, 0) is 0 Å². The number of ether oxygens (including phenoxy) is 3. The first kappa shape index (κ1) is 21.3. The normalized spacial score (nSPS) is 10.5. The number of halogens is 1. The number of nitrogens with one attached hydrogen (secondary N) is 2. The summed E-state index contributed by atoms with van der Waals surface area (Å²) < 4.78 is 16.8. The molecule has 32 heavy (non-hydrogen) atoms. The van der Waals surface area contributed by atoms with Crippen molar-refractivity contribution in [2.75, 3.05) is 24.9 Å². The third-order valence-electron chi connectivity index (χ3n) is 4.67. The van der Waals surface area contributed by atoms with E-state index in [0.717, 1.165) is 10.9 Å². The number of carbonyl (C=O) groups is 1. The van der Waals surface area contributed by atoms with E-state index < -0.39 is 6.03 Å². The number of urea groups is 1. The minimum atomic E-state index is -0.395. The second kappa shape index (κ2) is 9.45. The first-order valence-corrected chi connectivity index (χ1v) is 10.1. The first-order chi connectivity index (χ1) is 15.6. The predicted molar refractivity (Wildman–Crippen MR) is 125 cm³/mol. The van der Waals surface area contributed by atoms with Gasteiger partial charge in [-0.3, -0.25) is 4.98 Å². The Morgan fingerprint density at radius 2 is 1.59 bits per heavy atom. The molecule has 0 aliphatic heterocycles. The van der Waals surface area contributed by atoms with Crippen LogP contribution in [0.15, 0.2) is 72.9 Å². The largest absolute Gasteiger partial charge is 0.493 e. The van der Waals surface area contributed by atoms with Gasteiger partial charge in [-0.1, -0.05) is 23.7 Å². The SMILES string of the molecule is COc1cc2nccc(Oc3ccc(NC(=O)Nc4ccccc4Cl)cc3)c2cc1OC. The molecule has 0 fully saturated rings. The van der Waals surface area contributed by atoms with Crippen LogP contribution in [0.3, 0.4) is 0 Å². The maximum Gasteiger partial charge on any atom is 0.323 e. The quantitative estimate of drug-likeness (QED) is 0.359. The van der Waals surface area contributed by atoms with Gasteiger partial charge in [-0.25, -0.2) is 4.79 Å². The first-order valence-electron chi connectivity index (χ1n) is 9.68. The molecule has 0 spiro atoms. The molecule has 2 N–H and O–H groups in total. The van der Waals surface area contributed by atoms with Gasteiger partial charge in [0.05, 0.1) is 30.4 Å². The fraction of sp³-hybridized carbons (Fsp3) is 0.0833. The van der Waals surface area contributed by atoms with Crippen molar-refractivity contribution < 1.29 is 19.0 Å². The summed E-state index contributed by atoms with van der Waals surface area (Å²) in [6.45, 7) is 0. The zero-order chi connectivity index (χ0) is 22.5. The molecule has 1 heterocycles. The van der Waals surface area contributed by atoms with Crippen molar-refractivity contribution in [2.45, 2.75) is 0 Å². The highest BCUT2D eigenvalue weighted by molar-refractivity contribution is 6.33. The second-order valence-corrected chi connectivity index (χ2v) is 7.13. The Labute approximate surface area is 189 Å². The molecule has 0 unspecified atom stereocenters. The van der Waals surface area contributed by atoms with Gasteiger partial charge in [0, 0.05) is 23.3 Å². The van der Waals surface area contributed by atoms with E-state index in [1.54, 1.807) is 81.1 Å². The standard InChI is InChI=1S/C24H20ClN3O4/c1-30-22-13-17-20(14-23(22)31-2)26-12-11-21(17)32-16-9-7-15(8-10-16)27-24(29)28-19-6-4-3-5-18(19)25/h3-14H,1-2H3,(H2,27,28,29). The number of anilines is 2. The van der Waals surface area contributed by atoms with Crippen molar-refractivity contribution in [3.8, 4) is 23.0 Å². The molecular weight excluding hydrogens is 430 g/mol. The highest BCUT2D eigenvalue weighted by Gasteiger charge is 2.12. The number of carbonyl (C=O) groups excluding carboxylic acids is 1. The average molecular weight is 450 g/mol. The smallest absolute Gasteiger partial charge is 0.323 e. The molecule has 0 radical (unpaired) electrons. The van der Waals surface area contributed by atoms with Gasteiger partial charge < -0.3 is 24.8 Å². The van der Waals surface area contributed by atoms with Crippen molar-refractivity contribution >= 4 is 39.9 Å². The molecule has 4 aromatic rings. The number of fused-ring (bicyclic) bond motifs is 1. The molecule has 1 aromatic heterocycles. The van der Waals surface area contributed by atoms with Crippen LogP contribution in [0.4, 0.5) is 16.2 Å². The third-order valence-corrected chi connectivity index (χ3v) is 5.00. The average Bonchev–Trinajstić information content (AvgIpc) is 2.81. The Morgan fingerprint density at radius 1 is 0.875 bits per heavy atom. The third kappa shape index (κ3) is 4.68. The van der Waals surface area contributed by atoms with Crippen molar-refractivity contribution in [2.24, 2.45) is 0 Å². The Morgan fingerprint density at radius 3 is 2.31 bits per heavy atom. The lowest BCUT2D eigenvalue weighted by molar-refractivity contribution is 0.262. The van der Waals surface area contributed by atoms with Crippen molar-refractivity contribution in [1.29, 1.82) is 0 Å². The van der Waals surface area contributed by atoms with Crippen molar-refractivity contribution in [3.63, 3.8) is 0 Å². The Kier molecular flexibility index (Phi) is 6.28. The zero-order valence-corrected chi connectivity index (χ0v) is 18.1. The van der Waals surface area contributed by atoms with Crippen LogP contribution in [0.1, 0.15) is 0 Å². The molecular formula is C24H20ClN3O4. The van der Waals surface area contributed by atoms with E-state index in [0.29, 0.717) is 39.4 Å². The highest BCUT2D eigenvalue weighted by atomic mass is 35.5. The van der Waals surface area contributed by atoms with Crippen LogP contribution < -0.4 is 24.8 Å². The molecule has 0 saturated carbocycles. The molecule has 0 saturated heterocycles. The van der Waals surface area contributed by atoms with Crippen molar-refractivity contribution in [1.82, 2.24) is 4.98 Å². The second-order valence-electron chi connectivity index (χ2n) is 6.72. The lowest BCUT2D eigenvalue weighted by Gasteiger charge is -2.13. The van der Waals surface area contributed by atoms with E-state index in [4.69, 9.17) is 25.8 Å². The molecule has 0 aliphatic carbocycles. The summed E-state index contributed by atoms with van der Waals surface area (Å²) in [5.74, 6) is 2.40. The summed E-state index contributed by atoms with van der Waals surface area (Å²) in [5, 5.41) is 6.72. The molecule has 7 nitrogen and oxygen atoms in total. The fourth-order valence-corrected chi connectivity index (χ4v) is 3.30. The van der Waals surface area contributed by atoms with Crippen LogP contribution in [0.2, 0.25) is 5.02 Å². The van der Waals surface area contributed by atoms with Gasteiger partial charge in [-0.2, -0.15) is 0 Å². The number of para-hydroxylation sites is 1. The summed E-state index contributed by atoms with van der Waals surface area (Å²) in [6, 6.07) is 19.0. The molecule has 162 valence electrons. The highest BCUT2D eigenvalue weighted by Crippen LogP contribution is 2.37. The minimum absolute atomic E-state index is 0.395. The number of methoxy groups -OCH3 is 2. The number of aromatic nitrogens is 1. The van der Waals surface area contributed by atoms with Gasteiger partial charge in [0.1, 0.15) is 11.5 Å². The van der Waals surface area contributed by atoms with E-state index in [2.05, 4.69) is 15.6 Å². The number of amides is 2. The monoisotopic (exact) mass is 449 g/mol. The summed E-state index contributed by atoms with van der Waals surface area (Å²) in [7, 11) is 3.16. The molecule has 4 rings (SSSR count). The van der Waals surface area contributed by atoms with Gasteiger partial charge in [0.15, 0.2) is 11.5 Å². The number of hydrogen-bond donors (Lipinski definition) is 2. The lowest BCUT2D eigenvalue weighted by Crippen LogP contribution is -2.19. The van der Waals surface area contributed by atoms with Gasteiger partial charge >= 0.3 is 6.03 Å².